The van der Waals surface area contributed by atoms with Gasteiger partial charge in [-0.05, 0) is 37.1 Å². The van der Waals surface area contributed by atoms with E-state index in [1.54, 1.807) is 0 Å². The summed E-state index contributed by atoms with van der Waals surface area (Å²) in [7, 11) is 0. The summed E-state index contributed by atoms with van der Waals surface area (Å²) in [4.78, 5) is 2.76. The van der Waals surface area contributed by atoms with Crippen molar-refractivity contribution in [3.63, 3.8) is 0 Å². The molecule has 1 saturated carbocycles. The van der Waals surface area contributed by atoms with Crippen LogP contribution in [0.3, 0.4) is 0 Å². The first-order valence-electron chi connectivity index (χ1n) is 7.63. The van der Waals surface area contributed by atoms with Crippen LogP contribution in [0.15, 0.2) is 0 Å². The number of piperidine rings is 1. The molecule has 0 bridgehead atoms. The molecule has 0 aromatic rings. The van der Waals surface area contributed by atoms with Crippen molar-refractivity contribution >= 4 is 0 Å². The summed E-state index contributed by atoms with van der Waals surface area (Å²) in [5.41, 5.74) is 6.22. The molecule has 2 nitrogen and oxygen atoms in total. The molecule has 1 aliphatic carbocycles. The Labute approximate surface area is 107 Å². The molecule has 2 fully saturated rings. The molecule has 1 saturated heterocycles. The molecule has 1 aliphatic heterocycles. The first-order valence-corrected chi connectivity index (χ1v) is 7.63. The highest BCUT2D eigenvalue weighted by Crippen LogP contribution is 2.34. The van der Waals surface area contributed by atoms with Crippen molar-refractivity contribution in [3.05, 3.63) is 0 Å². The molecule has 2 N–H and O–H groups in total. The Balaban J connectivity index is 1.97. The lowest BCUT2D eigenvalue weighted by Gasteiger charge is -2.46. The Hall–Kier alpha value is -0.0800. The third-order valence-corrected chi connectivity index (χ3v) is 5.48. The molecule has 0 aromatic heterocycles. The summed E-state index contributed by atoms with van der Waals surface area (Å²) >= 11 is 0. The van der Waals surface area contributed by atoms with Crippen molar-refractivity contribution in [2.45, 2.75) is 65.0 Å². The smallest absolute Gasteiger partial charge is 0.0124 e. The number of nitrogens with zero attached hydrogens (tertiary/aromatic N) is 1. The fourth-order valence-electron chi connectivity index (χ4n) is 3.88. The maximum atomic E-state index is 6.22. The first kappa shape index (κ1) is 13.4. The molecule has 17 heavy (non-hydrogen) atoms. The zero-order valence-electron chi connectivity index (χ0n) is 11.9. The molecule has 1 heterocycles. The fourth-order valence-corrected chi connectivity index (χ4v) is 3.88. The van der Waals surface area contributed by atoms with E-state index in [1.165, 1.54) is 45.2 Å². The van der Waals surface area contributed by atoms with Crippen molar-refractivity contribution in [1.82, 2.24) is 4.90 Å². The van der Waals surface area contributed by atoms with Gasteiger partial charge in [-0.3, -0.25) is 4.90 Å². The predicted octanol–water partition coefficient (Wildman–Crippen LogP) is 2.87. The van der Waals surface area contributed by atoms with E-state index in [0.717, 1.165) is 23.8 Å². The van der Waals surface area contributed by atoms with E-state index in [4.69, 9.17) is 5.73 Å². The summed E-state index contributed by atoms with van der Waals surface area (Å²) in [6.07, 6.45) is 6.72. The third kappa shape index (κ3) is 2.85. The van der Waals surface area contributed by atoms with Gasteiger partial charge < -0.3 is 5.73 Å². The first-order chi connectivity index (χ1) is 8.13. The number of nitrogens with two attached hydrogens (primary N) is 1. The minimum Gasteiger partial charge on any atom is -0.327 e. The van der Waals surface area contributed by atoms with Gasteiger partial charge >= 0.3 is 0 Å². The van der Waals surface area contributed by atoms with E-state index in [9.17, 15) is 0 Å². The van der Waals surface area contributed by atoms with Crippen LogP contribution < -0.4 is 5.73 Å². The summed E-state index contributed by atoms with van der Waals surface area (Å²) in [5, 5.41) is 0. The zero-order valence-corrected chi connectivity index (χ0v) is 11.9. The Morgan fingerprint density at radius 2 is 1.94 bits per heavy atom. The van der Waals surface area contributed by atoms with E-state index in [1.807, 2.05) is 0 Å². The summed E-state index contributed by atoms with van der Waals surface area (Å²) in [6.45, 7) is 9.67. The van der Waals surface area contributed by atoms with Crippen LogP contribution in [-0.2, 0) is 0 Å². The van der Waals surface area contributed by atoms with Gasteiger partial charge in [0.1, 0.15) is 0 Å². The lowest BCUT2D eigenvalue weighted by Crippen LogP contribution is -2.53. The van der Waals surface area contributed by atoms with Crippen molar-refractivity contribution in [2.24, 2.45) is 23.5 Å². The van der Waals surface area contributed by atoms with Crippen LogP contribution in [-0.4, -0.2) is 30.1 Å². The summed E-state index contributed by atoms with van der Waals surface area (Å²) < 4.78 is 0. The molecule has 2 rings (SSSR count). The maximum absolute atomic E-state index is 6.22. The fraction of sp³-hybridized carbons (Fsp3) is 1.00. The van der Waals surface area contributed by atoms with Crippen LogP contribution in [0, 0.1) is 17.8 Å². The quantitative estimate of drug-likeness (QED) is 0.801. The van der Waals surface area contributed by atoms with Crippen LogP contribution in [0.1, 0.15) is 52.9 Å². The number of rotatable bonds is 2. The number of hydrogen-bond acceptors (Lipinski definition) is 2. The second kappa shape index (κ2) is 5.71. The molecule has 0 aromatic carbocycles. The average Bonchev–Trinajstić information content (AvgIpc) is 2.34. The molecule has 0 radical (unpaired) electrons. The number of hydrogen-bond donors (Lipinski definition) is 1. The Kier molecular flexibility index (Phi) is 4.48. The van der Waals surface area contributed by atoms with Gasteiger partial charge in [0, 0.05) is 18.6 Å². The maximum Gasteiger partial charge on any atom is 0.0124 e. The van der Waals surface area contributed by atoms with Crippen LogP contribution in [0.5, 0.6) is 0 Å². The van der Waals surface area contributed by atoms with Gasteiger partial charge in [-0.15, -0.1) is 0 Å². The molecule has 0 amide bonds. The average molecular weight is 238 g/mol. The van der Waals surface area contributed by atoms with Gasteiger partial charge in [-0.1, -0.05) is 40.0 Å². The standard InChI is InChI=1S/C15H30N2/c1-4-13-10-17(9-8-14(13)16)15-7-5-6-11(2)12(15)3/h11-15H,4-10,16H2,1-3H3. The molecule has 100 valence electrons. The lowest BCUT2D eigenvalue weighted by atomic mass is 9.76. The second-order valence-electron chi connectivity index (χ2n) is 6.45. The van der Waals surface area contributed by atoms with Crippen molar-refractivity contribution < 1.29 is 0 Å². The van der Waals surface area contributed by atoms with Gasteiger partial charge in [0.2, 0.25) is 0 Å². The Morgan fingerprint density at radius 3 is 2.65 bits per heavy atom. The van der Waals surface area contributed by atoms with Gasteiger partial charge in [-0.25, -0.2) is 0 Å². The minimum absolute atomic E-state index is 0.451. The van der Waals surface area contributed by atoms with Crippen LogP contribution in [0.2, 0.25) is 0 Å². The van der Waals surface area contributed by atoms with Crippen LogP contribution in [0.25, 0.3) is 0 Å². The van der Waals surface area contributed by atoms with Gasteiger partial charge in [-0.2, -0.15) is 0 Å². The summed E-state index contributed by atoms with van der Waals surface area (Å²) in [5.74, 6) is 2.51. The molecule has 5 unspecified atom stereocenters. The van der Waals surface area contributed by atoms with E-state index < -0.39 is 0 Å². The number of likely N-dealkylation sites (tertiary alicyclic amines) is 1. The van der Waals surface area contributed by atoms with Gasteiger partial charge in [0.25, 0.3) is 0 Å². The van der Waals surface area contributed by atoms with Crippen molar-refractivity contribution in [2.75, 3.05) is 13.1 Å². The van der Waals surface area contributed by atoms with Crippen LogP contribution >= 0.6 is 0 Å². The van der Waals surface area contributed by atoms with Crippen molar-refractivity contribution in [1.29, 1.82) is 0 Å². The molecule has 2 heteroatoms. The highest BCUT2D eigenvalue weighted by molar-refractivity contribution is 4.90. The Bertz CT molecular complexity index is 241. The molecule has 5 atom stereocenters. The van der Waals surface area contributed by atoms with E-state index in [-0.39, 0.29) is 0 Å². The molecule has 0 spiro atoms. The largest absolute Gasteiger partial charge is 0.327 e. The SMILES string of the molecule is CCC1CN(C2CCCC(C)C2C)CCC1N. The summed E-state index contributed by atoms with van der Waals surface area (Å²) in [6, 6.07) is 1.29. The van der Waals surface area contributed by atoms with E-state index in [0.29, 0.717) is 6.04 Å². The molecular formula is C15H30N2. The molecular weight excluding hydrogens is 208 g/mol. The normalized spacial score (nSPS) is 44.8. The minimum atomic E-state index is 0.451. The molecule has 2 aliphatic rings. The topological polar surface area (TPSA) is 29.3 Å². The van der Waals surface area contributed by atoms with Crippen molar-refractivity contribution in [3.8, 4) is 0 Å². The van der Waals surface area contributed by atoms with Gasteiger partial charge in [0.05, 0.1) is 0 Å². The van der Waals surface area contributed by atoms with E-state index in [2.05, 4.69) is 25.7 Å². The second-order valence-corrected chi connectivity index (χ2v) is 6.45. The Morgan fingerprint density at radius 1 is 1.18 bits per heavy atom. The highest BCUT2D eigenvalue weighted by atomic mass is 15.2. The predicted molar refractivity (Wildman–Crippen MR) is 73.9 cm³/mol. The monoisotopic (exact) mass is 238 g/mol. The third-order valence-electron chi connectivity index (χ3n) is 5.48. The van der Waals surface area contributed by atoms with Crippen LogP contribution in [0.4, 0.5) is 0 Å². The van der Waals surface area contributed by atoms with Gasteiger partial charge in [0.15, 0.2) is 0 Å². The lowest BCUT2D eigenvalue weighted by molar-refractivity contribution is 0.0387. The van der Waals surface area contributed by atoms with E-state index >= 15 is 0 Å². The highest BCUT2D eigenvalue weighted by Gasteiger charge is 2.35. The zero-order chi connectivity index (χ0) is 12.4.